The van der Waals surface area contributed by atoms with Gasteiger partial charge in [0, 0.05) is 43.7 Å². The third kappa shape index (κ3) is 6.90. The number of nitrogens with one attached hydrogen (secondary N) is 2. The average Bonchev–Trinajstić information content (AvgIpc) is 3.77. The first kappa shape index (κ1) is 41.0. The fourth-order valence-electron chi connectivity index (χ4n) is 8.65. The van der Waals surface area contributed by atoms with Gasteiger partial charge in [-0.05, 0) is 65.9 Å². The molecule has 0 saturated heterocycles. The van der Waals surface area contributed by atoms with E-state index in [1.165, 1.54) is 29.5 Å². The van der Waals surface area contributed by atoms with Crippen LogP contribution >= 0.6 is 11.6 Å². The van der Waals surface area contributed by atoms with E-state index in [1.807, 2.05) is 6.07 Å². The molecule has 3 atom stereocenters. The number of ether oxygens (including phenoxy) is 2. The van der Waals surface area contributed by atoms with Gasteiger partial charge in [0.05, 0.1) is 45.7 Å². The number of aryl methyl sites for hydroxylation is 1. The molecule has 0 unspecified atom stereocenters. The molecular formula is C43H35ClF6N8O4. The Morgan fingerprint density at radius 2 is 1.77 bits per heavy atom. The molecule has 19 heteroatoms. The van der Waals surface area contributed by atoms with Crippen molar-refractivity contribution in [2.24, 2.45) is 13.0 Å². The third-order valence-corrected chi connectivity index (χ3v) is 11.6. The molecule has 9 rings (SSSR count). The number of alkyl halides is 4. The minimum absolute atomic E-state index is 0.0202. The van der Waals surface area contributed by atoms with Crippen molar-refractivity contribution in [2.45, 2.75) is 43.7 Å². The Hall–Kier alpha value is -6.40. The van der Waals surface area contributed by atoms with E-state index in [9.17, 15) is 22.4 Å². The van der Waals surface area contributed by atoms with Crippen LogP contribution in [0.3, 0.4) is 0 Å². The fraction of sp³-hybridized carbons (Fsp3) is 0.279. The number of methoxy groups -OCH3 is 2. The summed E-state index contributed by atoms with van der Waals surface area (Å²) in [5, 5.41) is 14.9. The lowest BCUT2D eigenvalue weighted by atomic mass is 10.0. The summed E-state index contributed by atoms with van der Waals surface area (Å²) in [6.07, 6.45) is -3.55. The molecule has 0 radical (unpaired) electrons. The van der Waals surface area contributed by atoms with E-state index in [4.69, 9.17) is 26.1 Å². The van der Waals surface area contributed by atoms with Crippen molar-refractivity contribution in [3.8, 4) is 22.6 Å². The predicted molar refractivity (Wildman–Crippen MR) is 217 cm³/mol. The summed E-state index contributed by atoms with van der Waals surface area (Å²) in [5.41, 5.74) is -0.501. The molecule has 12 nitrogen and oxygen atoms in total. The van der Waals surface area contributed by atoms with Gasteiger partial charge in [-0.2, -0.15) is 19.0 Å². The van der Waals surface area contributed by atoms with Crippen LogP contribution in [0.4, 0.5) is 32.2 Å². The van der Waals surface area contributed by atoms with Gasteiger partial charge in [-0.3, -0.25) is 23.5 Å². The smallest absolute Gasteiger partial charge is 0.293 e. The van der Waals surface area contributed by atoms with Crippen LogP contribution in [-0.2, 0) is 35.5 Å². The summed E-state index contributed by atoms with van der Waals surface area (Å²) in [7, 11) is 4.60. The fourth-order valence-corrected chi connectivity index (χ4v) is 8.89. The minimum Gasteiger partial charge on any atom is -0.496 e. The lowest BCUT2D eigenvalue weighted by molar-refractivity contribution is -0.123. The lowest BCUT2D eigenvalue weighted by Crippen LogP contribution is -2.38. The standard InChI is InChI=1S/C43H35ClF6N8O4/c1-56-37-31(11-10-28(44)35(37)40(55-56)51-19-61-2)58-41(53-29-15-21(8-9-25(29)42(58)60)24-6-4-5-7-32(24)62-3)30(14-20-12-22(45)16-23(46)13-20)52-33(59)18-57-38-34(36(54-57)39(47)48)26-17-27(26)43(38,49)50/h4-13,15-16,26-27,30,39H,14,17-19H2,1-3H3,(H,51,55)(H,52,59)/t26-,27-,30+/m1/s1. The second-order valence-electron chi connectivity index (χ2n) is 15.2. The van der Waals surface area contributed by atoms with Gasteiger partial charge in [0.2, 0.25) is 5.91 Å². The maximum Gasteiger partial charge on any atom is 0.293 e. The Bertz CT molecular complexity index is 2990. The number of benzene rings is 4. The van der Waals surface area contributed by atoms with Gasteiger partial charge in [-0.15, -0.1) is 0 Å². The van der Waals surface area contributed by atoms with Crippen molar-refractivity contribution >= 4 is 45.1 Å². The molecule has 1 fully saturated rings. The Morgan fingerprint density at radius 3 is 2.50 bits per heavy atom. The van der Waals surface area contributed by atoms with Gasteiger partial charge >= 0.3 is 0 Å². The van der Waals surface area contributed by atoms with Gasteiger partial charge in [-0.1, -0.05) is 35.9 Å². The van der Waals surface area contributed by atoms with Crippen LogP contribution < -0.4 is 20.9 Å². The van der Waals surface area contributed by atoms with Crippen LogP contribution in [0.5, 0.6) is 5.75 Å². The van der Waals surface area contributed by atoms with Gasteiger partial charge < -0.3 is 20.1 Å². The molecule has 2 aliphatic rings. The molecule has 0 spiro atoms. The van der Waals surface area contributed by atoms with Gasteiger partial charge in [0.1, 0.15) is 47.9 Å². The Morgan fingerprint density at radius 1 is 1.02 bits per heavy atom. The number of anilines is 1. The number of para-hydroxylation sites is 1. The largest absolute Gasteiger partial charge is 0.496 e. The number of halogens is 7. The molecule has 7 aromatic rings. The maximum atomic E-state index is 15.6. The topological polar surface area (TPSA) is 130 Å². The zero-order chi connectivity index (χ0) is 43.8. The highest BCUT2D eigenvalue weighted by molar-refractivity contribution is 6.36. The van der Waals surface area contributed by atoms with Gasteiger partial charge in [0.25, 0.3) is 17.9 Å². The second-order valence-corrected chi connectivity index (χ2v) is 15.6. The summed E-state index contributed by atoms with van der Waals surface area (Å²) in [5.74, 6) is -7.68. The highest BCUT2D eigenvalue weighted by Gasteiger charge is 2.67. The van der Waals surface area contributed by atoms with E-state index < -0.39 is 77.7 Å². The number of amides is 1. The van der Waals surface area contributed by atoms with E-state index in [2.05, 4.69) is 20.8 Å². The summed E-state index contributed by atoms with van der Waals surface area (Å²) in [6, 6.07) is 16.5. The Balaban J connectivity index is 1.25. The number of carbonyl (C=O) groups is 1. The normalized spacial score (nSPS) is 16.8. The van der Waals surface area contributed by atoms with Crippen molar-refractivity contribution in [1.82, 2.24) is 34.4 Å². The van der Waals surface area contributed by atoms with Gasteiger partial charge in [-0.25, -0.2) is 22.5 Å². The number of rotatable bonds is 13. The van der Waals surface area contributed by atoms with E-state index in [1.54, 1.807) is 49.5 Å². The van der Waals surface area contributed by atoms with Crippen LogP contribution in [0.1, 0.15) is 53.1 Å². The molecule has 0 aliphatic heterocycles. The maximum absolute atomic E-state index is 15.6. The molecule has 0 bridgehead atoms. The van der Waals surface area contributed by atoms with E-state index >= 15 is 13.6 Å². The molecule has 3 aromatic heterocycles. The highest BCUT2D eigenvalue weighted by Crippen LogP contribution is 2.68. The van der Waals surface area contributed by atoms with Crippen LogP contribution in [0.25, 0.3) is 38.6 Å². The molecule has 62 heavy (non-hydrogen) atoms. The quantitative estimate of drug-likeness (QED) is 0.0874. The van der Waals surface area contributed by atoms with E-state index in [0.717, 1.165) is 12.1 Å². The molecule has 1 saturated carbocycles. The van der Waals surface area contributed by atoms with Crippen molar-refractivity contribution < 1.29 is 40.6 Å². The molecule has 1 amide bonds. The number of hydrogen-bond donors (Lipinski definition) is 2. The Labute approximate surface area is 353 Å². The average molecular weight is 877 g/mol. The van der Waals surface area contributed by atoms with Crippen LogP contribution in [-0.4, -0.2) is 56.0 Å². The van der Waals surface area contributed by atoms with E-state index in [0.29, 0.717) is 44.3 Å². The zero-order valence-electron chi connectivity index (χ0n) is 33.0. The highest BCUT2D eigenvalue weighted by atomic mass is 35.5. The van der Waals surface area contributed by atoms with Crippen molar-refractivity contribution in [1.29, 1.82) is 0 Å². The molecular weight excluding hydrogens is 842 g/mol. The number of carbonyl (C=O) groups excluding carboxylic acids is 1. The third-order valence-electron chi connectivity index (χ3n) is 11.3. The number of aromatic nitrogens is 6. The summed E-state index contributed by atoms with van der Waals surface area (Å²) in [6.45, 7) is -0.886. The zero-order valence-corrected chi connectivity index (χ0v) is 33.8. The monoisotopic (exact) mass is 876 g/mol. The van der Waals surface area contributed by atoms with Crippen molar-refractivity contribution in [3.63, 3.8) is 0 Å². The summed E-state index contributed by atoms with van der Waals surface area (Å²) in [4.78, 5) is 34.2. The minimum atomic E-state index is -3.52. The van der Waals surface area contributed by atoms with Crippen LogP contribution in [0.15, 0.2) is 77.6 Å². The molecule has 2 N–H and O–H groups in total. The molecule has 3 heterocycles. The predicted octanol–water partition coefficient (Wildman–Crippen LogP) is 8.34. The first-order valence-electron chi connectivity index (χ1n) is 19.3. The molecule has 2 aliphatic carbocycles. The first-order valence-corrected chi connectivity index (χ1v) is 19.7. The lowest BCUT2D eigenvalue weighted by Gasteiger charge is -2.24. The summed E-state index contributed by atoms with van der Waals surface area (Å²) < 4.78 is 103. The van der Waals surface area contributed by atoms with Crippen molar-refractivity contribution in [2.75, 3.05) is 26.3 Å². The van der Waals surface area contributed by atoms with Crippen molar-refractivity contribution in [3.05, 3.63) is 128 Å². The van der Waals surface area contributed by atoms with Crippen LogP contribution in [0, 0.1) is 17.6 Å². The first-order chi connectivity index (χ1) is 29.7. The SMILES string of the molecule is COCNc1nn(C)c2c(-n3c([C@H](Cc4cc(F)cc(F)c4)NC(=O)Cn4nc(C(F)F)c5c4C(F)(F)[C@@H]4C[C@@H]54)nc4cc(-c5ccccc5OC)ccc4c3=O)ccc(Cl)c12. The number of fused-ring (bicyclic) bond motifs is 5. The molecule has 320 valence electrons. The van der Waals surface area contributed by atoms with Crippen LogP contribution in [0.2, 0.25) is 5.02 Å². The van der Waals surface area contributed by atoms with Gasteiger partial charge in [0.15, 0.2) is 5.82 Å². The van der Waals surface area contributed by atoms with E-state index in [-0.39, 0.29) is 51.7 Å². The Kier molecular flexibility index (Phi) is 10.2. The number of hydrogen-bond acceptors (Lipinski definition) is 8. The summed E-state index contributed by atoms with van der Waals surface area (Å²) >= 11 is 6.74. The molecule has 4 aromatic carbocycles. The second kappa shape index (κ2) is 15.5. The number of nitrogens with zero attached hydrogens (tertiary/aromatic N) is 6.